The predicted octanol–water partition coefficient (Wildman–Crippen LogP) is 3.29. The van der Waals surface area contributed by atoms with Gasteiger partial charge in [-0.05, 0) is 36.8 Å². The molecule has 0 spiro atoms. The van der Waals surface area contributed by atoms with Crippen molar-refractivity contribution in [1.29, 1.82) is 0 Å². The molecule has 0 fully saturated rings. The molecular formula is C13H13ClN2O. The zero-order valence-corrected chi connectivity index (χ0v) is 10.2. The van der Waals surface area contributed by atoms with E-state index in [-0.39, 0.29) is 0 Å². The largest absolute Gasteiger partial charge is 0.439 e. The van der Waals surface area contributed by atoms with Gasteiger partial charge in [0.2, 0.25) is 5.88 Å². The van der Waals surface area contributed by atoms with Crippen LogP contribution >= 0.6 is 11.6 Å². The fourth-order valence-corrected chi connectivity index (χ4v) is 1.69. The summed E-state index contributed by atoms with van der Waals surface area (Å²) in [7, 11) is 0. The van der Waals surface area contributed by atoms with Crippen LogP contribution < -0.4 is 10.5 Å². The quantitative estimate of drug-likeness (QED) is 0.907. The van der Waals surface area contributed by atoms with Crippen LogP contribution in [0.2, 0.25) is 5.02 Å². The lowest BCUT2D eigenvalue weighted by Gasteiger charge is -2.08. The summed E-state index contributed by atoms with van der Waals surface area (Å²) in [5.74, 6) is 1.29. The van der Waals surface area contributed by atoms with E-state index in [9.17, 15) is 0 Å². The summed E-state index contributed by atoms with van der Waals surface area (Å²) in [6.45, 7) is 2.34. The van der Waals surface area contributed by atoms with Gasteiger partial charge < -0.3 is 10.5 Å². The number of nitrogens with two attached hydrogens (primary N) is 1. The van der Waals surface area contributed by atoms with E-state index < -0.39 is 0 Å². The van der Waals surface area contributed by atoms with Crippen LogP contribution in [0, 0.1) is 6.92 Å². The van der Waals surface area contributed by atoms with E-state index in [4.69, 9.17) is 22.1 Å². The Morgan fingerprint density at radius 3 is 2.82 bits per heavy atom. The summed E-state index contributed by atoms with van der Waals surface area (Å²) >= 11 is 5.88. The molecule has 2 N–H and O–H groups in total. The third-order valence-electron chi connectivity index (χ3n) is 2.34. The Kier molecular flexibility index (Phi) is 3.61. The van der Waals surface area contributed by atoms with Crippen LogP contribution in [0.4, 0.5) is 0 Å². The molecule has 1 aromatic carbocycles. The first-order valence-corrected chi connectivity index (χ1v) is 5.67. The smallest absolute Gasteiger partial charge is 0.219 e. The fraction of sp³-hybridized carbons (Fsp3) is 0.154. The summed E-state index contributed by atoms with van der Waals surface area (Å²) in [6.07, 6.45) is 0. The molecule has 1 heterocycles. The van der Waals surface area contributed by atoms with Gasteiger partial charge in [-0.15, -0.1) is 0 Å². The number of ether oxygens (including phenoxy) is 1. The van der Waals surface area contributed by atoms with Crippen molar-refractivity contribution in [2.75, 3.05) is 0 Å². The molecule has 4 heteroatoms. The highest BCUT2D eigenvalue weighted by atomic mass is 35.5. The molecule has 88 valence electrons. The molecule has 17 heavy (non-hydrogen) atoms. The highest BCUT2D eigenvalue weighted by molar-refractivity contribution is 6.30. The second-order valence-electron chi connectivity index (χ2n) is 3.68. The number of aromatic nitrogens is 1. The summed E-state index contributed by atoms with van der Waals surface area (Å²) in [4.78, 5) is 4.27. The topological polar surface area (TPSA) is 48.1 Å². The Morgan fingerprint density at radius 2 is 2.12 bits per heavy atom. The SMILES string of the molecule is Cc1cc(Cl)ccc1Oc1cccc(CN)n1. The van der Waals surface area contributed by atoms with Gasteiger partial charge in [0.1, 0.15) is 5.75 Å². The van der Waals surface area contributed by atoms with Gasteiger partial charge in [-0.25, -0.2) is 4.98 Å². The van der Waals surface area contributed by atoms with Gasteiger partial charge >= 0.3 is 0 Å². The predicted molar refractivity (Wildman–Crippen MR) is 68.4 cm³/mol. The molecule has 0 bridgehead atoms. The van der Waals surface area contributed by atoms with Gasteiger partial charge in [0.25, 0.3) is 0 Å². The molecule has 2 rings (SSSR count). The van der Waals surface area contributed by atoms with E-state index in [0.29, 0.717) is 17.4 Å². The molecule has 0 aliphatic carbocycles. The van der Waals surface area contributed by atoms with Crippen LogP contribution in [0.3, 0.4) is 0 Å². The van der Waals surface area contributed by atoms with E-state index in [0.717, 1.165) is 17.0 Å². The van der Waals surface area contributed by atoms with E-state index in [1.54, 1.807) is 12.1 Å². The fourth-order valence-electron chi connectivity index (χ4n) is 1.47. The van der Waals surface area contributed by atoms with Crippen LogP contribution in [-0.2, 0) is 6.54 Å². The highest BCUT2D eigenvalue weighted by Gasteiger charge is 2.03. The van der Waals surface area contributed by atoms with E-state index in [1.807, 2.05) is 31.2 Å². The summed E-state index contributed by atoms with van der Waals surface area (Å²) in [5, 5.41) is 0.693. The van der Waals surface area contributed by atoms with Gasteiger partial charge in [0.05, 0.1) is 5.69 Å². The number of halogens is 1. The van der Waals surface area contributed by atoms with Crippen molar-refractivity contribution in [2.24, 2.45) is 5.73 Å². The molecule has 0 unspecified atom stereocenters. The zero-order valence-electron chi connectivity index (χ0n) is 9.48. The Bertz CT molecular complexity index is 529. The van der Waals surface area contributed by atoms with Crippen molar-refractivity contribution < 1.29 is 4.74 Å². The molecule has 0 amide bonds. The average Bonchev–Trinajstić information content (AvgIpc) is 2.33. The normalized spacial score (nSPS) is 10.3. The van der Waals surface area contributed by atoms with Gasteiger partial charge in [-0.3, -0.25) is 0 Å². The third kappa shape index (κ3) is 2.96. The molecule has 0 aliphatic heterocycles. The van der Waals surface area contributed by atoms with Gasteiger partial charge in [0.15, 0.2) is 0 Å². The van der Waals surface area contributed by atoms with Crippen molar-refractivity contribution >= 4 is 11.6 Å². The Labute approximate surface area is 105 Å². The third-order valence-corrected chi connectivity index (χ3v) is 2.58. The number of hydrogen-bond acceptors (Lipinski definition) is 3. The van der Waals surface area contributed by atoms with E-state index in [1.165, 1.54) is 0 Å². The molecule has 0 atom stereocenters. The molecule has 0 aliphatic rings. The molecule has 0 radical (unpaired) electrons. The van der Waals surface area contributed by atoms with E-state index >= 15 is 0 Å². The second-order valence-corrected chi connectivity index (χ2v) is 4.12. The second kappa shape index (κ2) is 5.17. The van der Waals surface area contributed by atoms with Crippen LogP contribution in [0.25, 0.3) is 0 Å². The van der Waals surface area contributed by atoms with Gasteiger partial charge in [0, 0.05) is 17.6 Å². The number of aryl methyl sites for hydroxylation is 1. The first kappa shape index (κ1) is 11.9. The van der Waals surface area contributed by atoms with Gasteiger partial charge in [-0.1, -0.05) is 17.7 Å². The minimum absolute atomic E-state index is 0.400. The Balaban J connectivity index is 2.25. The molecule has 0 saturated heterocycles. The lowest BCUT2D eigenvalue weighted by atomic mass is 10.2. The van der Waals surface area contributed by atoms with Crippen molar-refractivity contribution in [3.63, 3.8) is 0 Å². The molecule has 0 saturated carbocycles. The standard InChI is InChI=1S/C13H13ClN2O/c1-9-7-10(14)5-6-12(9)17-13-4-2-3-11(8-15)16-13/h2-7H,8,15H2,1H3. The number of nitrogens with zero attached hydrogens (tertiary/aromatic N) is 1. The van der Waals surface area contributed by atoms with Crippen LogP contribution in [-0.4, -0.2) is 4.98 Å². The van der Waals surface area contributed by atoms with Crippen molar-refractivity contribution in [3.05, 3.63) is 52.7 Å². The summed E-state index contributed by atoms with van der Waals surface area (Å²) in [5.41, 5.74) is 7.30. The van der Waals surface area contributed by atoms with Gasteiger partial charge in [-0.2, -0.15) is 0 Å². The molecule has 3 nitrogen and oxygen atoms in total. The summed E-state index contributed by atoms with van der Waals surface area (Å²) in [6, 6.07) is 11.0. The molecule has 1 aromatic heterocycles. The minimum atomic E-state index is 0.400. The maximum absolute atomic E-state index is 5.88. The Hall–Kier alpha value is -1.58. The number of hydrogen-bond donors (Lipinski definition) is 1. The van der Waals surface area contributed by atoms with Crippen LogP contribution in [0.5, 0.6) is 11.6 Å². The first-order valence-electron chi connectivity index (χ1n) is 5.29. The van der Waals surface area contributed by atoms with Crippen molar-refractivity contribution in [1.82, 2.24) is 4.98 Å². The minimum Gasteiger partial charge on any atom is -0.439 e. The van der Waals surface area contributed by atoms with Crippen molar-refractivity contribution in [2.45, 2.75) is 13.5 Å². The molecular weight excluding hydrogens is 236 g/mol. The maximum Gasteiger partial charge on any atom is 0.219 e. The average molecular weight is 249 g/mol. The lowest BCUT2D eigenvalue weighted by Crippen LogP contribution is -2.00. The number of benzene rings is 1. The number of pyridine rings is 1. The highest BCUT2D eigenvalue weighted by Crippen LogP contribution is 2.26. The maximum atomic E-state index is 5.88. The number of rotatable bonds is 3. The lowest BCUT2D eigenvalue weighted by molar-refractivity contribution is 0.457. The monoisotopic (exact) mass is 248 g/mol. The van der Waals surface area contributed by atoms with Crippen LogP contribution in [0.15, 0.2) is 36.4 Å². The summed E-state index contributed by atoms with van der Waals surface area (Å²) < 4.78 is 5.68. The van der Waals surface area contributed by atoms with E-state index in [2.05, 4.69) is 4.98 Å². The zero-order chi connectivity index (χ0) is 12.3. The Morgan fingerprint density at radius 1 is 1.29 bits per heavy atom. The first-order chi connectivity index (χ1) is 8.19. The van der Waals surface area contributed by atoms with Crippen molar-refractivity contribution in [3.8, 4) is 11.6 Å². The van der Waals surface area contributed by atoms with Crippen LogP contribution in [0.1, 0.15) is 11.3 Å². The molecule has 2 aromatic rings.